The highest BCUT2D eigenvalue weighted by Gasteiger charge is 2.51. The highest BCUT2D eigenvalue weighted by molar-refractivity contribution is 6.02. The SMILES string of the molecule is C=C1c2ccccc2-c2ccc(N(c3ccc(-c4ccc5c(c4)C4C=CC=CC4N5c4ccccc4)cc3)c3ccc4c(c3)C3(c5ccccc5-c5ccccc53)c3ccccc3-4)cc21. The summed E-state index contributed by atoms with van der Waals surface area (Å²) in [7, 11) is 0. The first-order valence-electron chi connectivity index (χ1n) is 22.8. The minimum absolute atomic E-state index is 0.255. The lowest BCUT2D eigenvalue weighted by molar-refractivity contribution is 0.745. The number of fused-ring (bicyclic) bond motifs is 16. The van der Waals surface area contributed by atoms with Gasteiger partial charge in [-0.1, -0.05) is 176 Å². The second-order valence-electron chi connectivity index (χ2n) is 18.0. The Morgan fingerprint density at radius 2 is 0.923 bits per heavy atom. The van der Waals surface area contributed by atoms with Crippen molar-refractivity contribution in [2.45, 2.75) is 17.4 Å². The third-order valence-corrected chi connectivity index (χ3v) is 14.9. The van der Waals surface area contributed by atoms with Gasteiger partial charge in [-0.2, -0.15) is 0 Å². The van der Waals surface area contributed by atoms with Gasteiger partial charge in [-0.3, -0.25) is 0 Å². The standard InChI is InChI=1S/C63H42N2/c1-40-47-17-5-6-18-48(47)49-34-32-45(38-55(40)49)64(44-30-27-41(28-31-44)42-29-36-62-56(37-42)54-22-10-14-26-61(54)65(62)43-15-3-2-4-16-43)46-33-35-53-52-21-9-13-25-59(52)63(60(53)39-46)57-23-11-7-19-50(57)51-20-8-12-24-58(51)63/h2-39,54,61H,1H2. The topological polar surface area (TPSA) is 6.48 Å². The Labute approximate surface area is 380 Å². The predicted molar refractivity (Wildman–Crippen MR) is 270 cm³/mol. The van der Waals surface area contributed by atoms with Crippen LogP contribution in [0.4, 0.5) is 28.4 Å². The van der Waals surface area contributed by atoms with E-state index in [-0.39, 0.29) is 6.04 Å². The van der Waals surface area contributed by atoms with E-state index >= 15 is 0 Å². The van der Waals surface area contributed by atoms with Crippen molar-refractivity contribution in [3.63, 3.8) is 0 Å². The molecule has 0 fully saturated rings. The van der Waals surface area contributed by atoms with Gasteiger partial charge in [-0.05, 0) is 150 Å². The van der Waals surface area contributed by atoms with Gasteiger partial charge in [0.2, 0.25) is 0 Å². The fraction of sp³-hybridized carbons (Fsp3) is 0.0476. The maximum atomic E-state index is 4.63. The zero-order chi connectivity index (χ0) is 42.8. The molecule has 2 atom stereocenters. The zero-order valence-corrected chi connectivity index (χ0v) is 35.7. The van der Waals surface area contributed by atoms with E-state index < -0.39 is 5.41 Å². The van der Waals surface area contributed by atoms with Gasteiger partial charge in [-0.25, -0.2) is 0 Å². The molecule has 0 saturated heterocycles. The molecule has 9 aromatic rings. The van der Waals surface area contributed by atoms with E-state index in [1.807, 2.05) is 0 Å². The van der Waals surface area contributed by atoms with Crippen molar-refractivity contribution in [3.05, 3.63) is 276 Å². The van der Waals surface area contributed by atoms with E-state index in [0.717, 1.165) is 22.6 Å². The Morgan fingerprint density at radius 3 is 1.62 bits per heavy atom. The van der Waals surface area contributed by atoms with Crippen molar-refractivity contribution in [3.8, 4) is 44.5 Å². The summed E-state index contributed by atoms with van der Waals surface area (Å²) in [6, 6.07) is 77.3. The van der Waals surface area contributed by atoms with Crippen molar-refractivity contribution in [2.24, 2.45) is 0 Å². The predicted octanol–water partition coefficient (Wildman–Crippen LogP) is 15.9. The largest absolute Gasteiger partial charge is 0.333 e. The summed E-state index contributed by atoms with van der Waals surface area (Å²) < 4.78 is 0. The summed E-state index contributed by atoms with van der Waals surface area (Å²) in [5.74, 6) is 0.290. The monoisotopic (exact) mass is 826 g/mol. The second-order valence-corrected chi connectivity index (χ2v) is 18.0. The van der Waals surface area contributed by atoms with Crippen molar-refractivity contribution in [1.29, 1.82) is 0 Å². The van der Waals surface area contributed by atoms with Crippen LogP contribution in [-0.4, -0.2) is 6.04 Å². The molecule has 0 bridgehead atoms. The molecular formula is C63H42N2. The number of hydrogen-bond acceptors (Lipinski definition) is 2. The maximum Gasteiger partial charge on any atom is 0.0726 e. The van der Waals surface area contributed by atoms with E-state index in [4.69, 9.17) is 0 Å². The van der Waals surface area contributed by atoms with Crippen LogP contribution < -0.4 is 9.80 Å². The number of allylic oxidation sites excluding steroid dienone is 2. The molecule has 2 nitrogen and oxygen atoms in total. The minimum Gasteiger partial charge on any atom is -0.333 e. The van der Waals surface area contributed by atoms with Crippen molar-refractivity contribution in [2.75, 3.05) is 9.80 Å². The van der Waals surface area contributed by atoms with Gasteiger partial charge in [-0.15, -0.1) is 0 Å². The van der Waals surface area contributed by atoms with Crippen LogP contribution >= 0.6 is 0 Å². The highest BCUT2D eigenvalue weighted by atomic mass is 15.2. The van der Waals surface area contributed by atoms with E-state index in [9.17, 15) is 0 Å². The summed E-state index contributed by atoms with van der Waals surface area (Å²) in [6.45, 7) is 4.63. The molecule has 0 aromatic heterocycles. The van der Waals surface area contributed by atoms with Crippen LogP contribution in [-0.2, 0) is 5.41 Å². The smallest absolute Gasteiger partial charge is 0.0726 e. The first-order chi connectivity index (χ1) is 32.2. The molecule has 2 unspecified atom stereocenters. The molecule has 2 heteroatoms. The van der Waals surface area contributed by atoms with Crippen LogP contribution in [0.1, 0.15) is 44.9 Å². The number of rotatable bonds is 5. The van der Waals surface area contributed by atoms with E-state index in [0.29, 0.717) is 5.92 Å². The molecule has 0 radical (unpaired) electrons. The third-order valence-electron chi connectivity index (χ3n) is 14.9. The average Bonchev–Trinajstić information content (AvgIpc) is 4.06. The van der Waals surface area contributed by atoms with E-state index in [1.54, 1.807) is 0 Å². The van der Waals surface area contributed by atoms with Gasteiger partial charge in [0.15, 0.2) is 0 Å². The summed E-state index contributed by atoms with van der Waals surface area (Å²) in [5, 5.41) is 0. The molecule has 5 aliphatic rings. The van der Waals surface area contributed by atoms with Crippen LogP contribution in [0.5, 0.6) is 0 Å². The first-order valence-corrected chi connectivity index (χ1v) is 22.8. The van der Waals surface area contributed by atoms with Crippen LogP contribution in [0.15, 0.2) is 237 Å². The Bertz CT molecular complexity index is 3470. The highest BCUT2D eigenvalue weighted by Crippen LogP contribution is 2.63. The molecular weight excluding hydrogens is 785 g/mol. The lowest BCUT2D eigenvalue weighted by Crippen LogP contribution is -2.28. The lowest BCUT2D eigenvalue weighted by Gasteiger charge is -2.32. The third kappa shape index (κ3) is 5.00. The number of nitrogens with zero attached hydrogens (tertiary/aromatic N) is 2. The quantitative estimate of drug-likeness (QED) is 0.171. The molecule has 0 N–H and O–H groups in total. The Morgan fingerprint density at radius 1 is 0.400 bits per heavy atom. The molecule has 65 heavy (non-hydrogen) atoms. The van der Waals surface area contributed by atoms with Gasteiger partial charge in [0.1, 0.15) is 0 Å². The number of hydrogen-bond donors (Lipinski definition) is 0. The molecule has 304 valence electrons. The fourth-order valence-corrected chi connectivity index (χ4v) is 12.2. The maximum absolute atomic E-state index is 4.63. The second kappa shape index (κ2) is 13.6. The number of para-hydroxylation sites is 1. The van der Waals surface area contributed by atoms with Gasteiger partial charge in [0, 0.05) is 34.4 Å². The van der Waals surface area contributed by atoms with Crippen LogP contribution in [0, 0.1) is 0 Å². The summed E-state index contributed by atoms with van der Waals surface area (Å²) in [4.78, 5) is 4.95. The molecule has 1 aliphatic heterocycles. The van der Waals surface area contributed by atoms with E-state index in [2.05, 4.69) is 247 Å². The molecule has 1 spiro atoms. The van der Waals surface area contributed by atoms with Crippen LogP contribution in [0.3, 0.4) is 0 Å². The first kappa shape index (κ1) is 36.3. The van der Waals surface area contributed by atoms with Gasteiger partial charge in [0.05, 0.1) is 11.5 Å². The molecule has 1 heterocycles. The number of benzene rings is 9. The summed E-state index contributed by atoms with van der Waals surface area (Å²) in [6.07, 6.45) is 9.10. The molecule has 4 aliphatic carbocycles. The Hall–Kier alpha value is -8.20. The fourth-order valence-electron chi connectivity index (χ4n) is 12.2. The number of anilines is 5. The molecule has 0 amide bonds. The van der Waals surface area contributed by atoms with Gasteiger partial charge >= 0.3 is 0 Å². The summed E-state index contributed by atoms with van der Waals surface area (Å²) >= 11 is 0. The van der Waals surface area contributed by atoms with Gasteiger partial charge < -0.3 is 9.80 Å². The van der Waals surface area contributed by atoms with E-state index in [1.165, 1.54) is 94.8 Å². The van der Waals surface area contributed by atoms with Crippen LogP contribution in [0.2, 0.25) is 0 Å². The van der Waals surface area contributed by atoms with Crippen molar-refractivity contribution < 1.29 is 0 Å². The molecule has 14 rings (SSSR count). The van der Waals surface area contributed by atoms with Crippen molar-refractivity contribution in [1.82, 2.24) is 0 Å². The minimum atomic E-state index is -0.440. The van der Waals surface area contributed by atoms with Crippen LogP contribution in [0.25, 0.3) is 50.1 Å². The normalized spacial score (nSPS) is 16.9. The summed E-state index contributed by atoms with van der Waals surface area (Å²) in [5.41, 5.74) is 25.7. The molecule has 0 saturated carbocycles. The van der Waals surface area contributed by atoms with Crippen molar-refractivity contribution >= 4 is 34.0 Å². The molecule has 9 aromatic carbocycles. The zero-order valence-electron chi connectivity index (χ0n) is 35.7. The Kier molecular flexibility index (Phi) is 7.62. The van der Waals surface area contributed by atoms with Gasteiger partial charge in [0.25, 0.3) is 0 Å². The average molecular weight is 827 g/mol. The Balaban J connectivity index is 0.927. The lowest BCUT2D eigenvalue weighted by atomic mass is 9.70.